The third kappa shape index (κ3) is 2.86. The van der Waals surface area contributed by atoms with Crippen LogP contribution in [0.5, 0.6) is 0 Å². The number of thioether (sulfide) groups is 1. The average Bonchev–Trinajstić information content (AvgIpc) is 3.07. The predicted molar refractivity (Wildman–Crippen MR) is 78.3 cm³/mol. The van der Waals surface area contributed by atoms with Crippen LogP contribution in [0.3, 0.4) is 0 Å². The number of ether oxygens (including phenoxy) is 1. The second kappa shape index (κ2) is 5.93. The molecule has 1 aliphatic rings. The normalized spacial score (nSPS) is 18.6. The van der Waals surface area contributed by atoms with E-state index in [1.54, 1.807) is 11.8 Å². The highest BCUT2D eigenvalue weighted by molar-refractivity contribution is 7.99. The molecular formula is C14H18N4OS. The Hall–Kier alpha value is -1.40. The summed E-state index contributed by atoms with van der Waals surface area (Å²) in [6, 6.07) is 6.29. The van der Waals surface area contributed by atoms with E-state index >= 15 is 0 Å². The molecule has 0 bridgehead atoms. The summed E-state index contributed by atoms with van der Waals surface area (Å²) < 4.78 is 7.45. The Balaban J connectivity index is 1.78. The summed E-state index contributed by atoms with van der Waals surface area (Å²) in [5, 5.41) is 12.9. The Morgan fingerprint density at radius 1 is 1.40 bits per heavy atom. The van der Waals surface area contributed by atoms with Gasteiger partial charge in [-0.1, -0.05) is 29.5 Å². The van der Waals surface area contributed by atoms with Crippen LogP contribution < -0.4 is 0 Å². The van der Waals surface area contributed by atoms with Crippen molar-refractivity contribution in [3.05, 3.63) is 29.3 Å². The molecule has 0 N–H and O–H groups in total. The summed E-state index contributed by atoms with van der Waals surface area (Å²) in [6.45, 7) is 5.05. The maximum atomic E-state index is 5.64. The molecule has 1 aromatic heterocycles. The molecule has 0 spiro atoms. The zero-order valence-electron chi connectivity index (χ0n) is 11.7. The van der Waals surface area contributed by atoms with Crippen molar-refractivity contribution < 1.29 is 4.74 Å². The number of hydrogen-bond acceptors (Lipinski definition) is 5. The summed E-state index contributed by atoms with van der Waals surface area (Å²) >= 11 is 1.66. The van der Waals surface area contributed by atoms with Crippen molar-refractivity contribution in [3.63, 3.8) is 0 Å². The second-order valence-electron chi connectivity index (χ2n) is 5.11. The number of benzene rings is 1. The van der Waals surface area contributed by atoms with Crippen LogP contribution >= 0.6 is 11.8 Å². The Labute approximate surface area is 122 Å². The Kier molecular flexibility index (Phi) is 4.03. The first-order valence-electron chi connectivity index (χ1n) is 6.84. The maximum Gasteiger partial charge on any atom is 0.214 e. The molecule has 1 fully saturated rings. The molecule has 0 amide bonds. The van der Waals surface area contributed by atoms with Crippen LogP contribution in [0.1, 0.15) is 24.0 Å². The molecule has 1 saturated heterocycles. The van der Waals surface area contributed by atoms with E-state index in [0.717, 1.165) is 36.0 Å². The van der Waals surface area contributed by atoms with Gasteiger partial charge >= 0.3 is 0 Å². The summed E-state index contributed by atoms with van der Waals surface area (Å²) in [4.78, 5) is 0. The van der Waals surface area contributed by atoms with Gasteiger partial charge in [0.25, 0.3) is 0 Å². The summed E-state index contributed by atoms with van der Waals surface area (Å²) in [7, 11) is 0. The molecule has 3 rings (SSSR count). The largest absolute Gasteiger partial charge is 0.377 e. The van der Waals surface area contributed by atoms with Crippen LogP contribution in [0.4, 0.5) is 0 Å². The lowest BCUT2D eigenvalue weighted by Gasteiger charge is -2.10. The fourth-order valence-electron chi connectivity index (χ4n) is 2.41. The zero-order valence-corrected chi connectivity index (χ0v) is 12.6. The molecule has 1 unspecified atom stereocenters. The number of hydrogen-bond donors (Lipinski definition) is 0. The SMILES string of the molecule is Cc1ccc(-n2nnnc2SCC2CCCO2)c(C)c1. The fraction of sp³-hybridized carbons (Fsp3) is 0.500. The molecule has 2 heterocycles. The Bertz CT molecular complexity index is 593. The molecule has 1 aliphatic heterocycles. The smallest absolute Gasteiger partial charge is 0.214 e. The molecular weight excluding hydrogens is 272 g/mol. The minimum absolute atomic E-state index is 0.337. The molecule has 1 aromatic carbocycles. The molecule has 106 valence electrons. The molecule has 0 radical (unpaired) electrons. The molecule has 6 heteroatoms. The number of aryl methyl sites for hydroxylation is 2. The number of tetrazole rings is 1. The van der Waals surface area contributed by atoms with Gasteiger partial charge in [0.2, 0.25) is 5.16 Å². The van der Waals surface area contributed by atoms with Crippen molar-refractivity contribution in [1.82, 2.24) is 20.2 Å². The Morgan fingerprint density at radius 3 is 3.05 bits per heavy atom. The van der Waals surface area contributed by atoms with E-state index in [-0.39, 0.29) is 0 Å². The first-order valence-corrected chi connectivity index (χ1v) is 7.83. The third-order valence-corrected chi connectivity index (χ3v) is 4.49. The van der Waals surface area contributed by atoms with Gasteiger partial charge in [-0.2, -0.15) is 4.68 Å². The highest BCUT2D eigenvalue weighted by Crippen LogP contribution is 2.24. The van der Waals surface area contributed by atoms with Gasteiger partial charge in [0, 0.05) is 12.4 Å². The van der Waals surface area contributed by atoms with Gasteiger partial charge in [-0.3, -0.25) is 0 Å². The molecule has 0 aliphatic carbocycles. The number of rotatable bonds is 4. The monoisotopic (exact) mass is 290 g/mol. The quantitative estimate of drug-likeness (QED) is 0.810. The molecule has 20 heavy (non-hydrogen) atoms. The lowest BCUT2D eigenvalue weighted by Crippen LogP contribution is -2.09. The molecule has 5 nitrogen and oxygen atoms in total. The highest BCUT2D eigenvalue weighted by atomic mass is 32.2. The maximum absolute atomic E-state index is 5.64. The van der Waals surface area contributed by atoms with E-state index in [1.807, 2.05) is 4.68 Å². The molecule has 0 saturated carbocycles. The van der Waals surface area contributed by atoms with Gasteiger partial charge in [0.15, 0.2) is 0 Å². The minimum Gasteiger partial charge on any atom is -0.377 e. The van der Waals surface area contributed by atoms with Gasteiger partial charge < -0.3 is 4.74 Å². The van der Waals surface area contributed by atoms with E-state index in [4.69, 9.17) is 4.74 Å². The van der Waals surface area contributed by atoms with Crippen molar-refractivity contribution in [2.24, 2.45) is 0 Å². The number of aromatic nitrogens is 4. The Morgan fingerprint density at radius 2 is 2.30 bits per heavy atom. The van der Waals surface area contributed by atoms with Crippen molar-refractivity contribution in [3.8, 4) is 5.69 Å². The lowest BCUT2D eigenvalue weighted by atomic mass is 10.1. The summed E-state index contributed by atoms with van der Waals surface area (Å²) in [6.07, 6.45) is 2.63. The predicted octanol–water partition coefficient (Wildman–Crippen LogP) is 2.55. The summed E-state index contributed by atoms with van der Waals surface area (Å²) in [5.74, 6) is 0.908. The van der Waals surface area contributed by atoms with Gasteiger partial charge in [0.1, 0.15) is 0 Å². The van der Waals surface area contributed by atoms with Crippen LogP contribution in [-0.4, -0.2) is 38.7 Å². The van der Waals surface area contributed by atoms with E-state index in [9.17, 15) is 0 Å². The number of nitrogens with zero attached hydrogens (tertiary/aromatic N) is 4. The summed E-state index contributed by atoms with van der Waals surface area (Å²) in [5.41, 5.74) is 3.46. The minimum atomic E-state index is 0.337. The van der Waals surface area contributed by atoms with Crippen LogP contribution in [-0.2, 0) is 4.74 Å². The second-order valence-corrected chi connectivity index (χ2v) is 6.10. The fourth-order valence-corrected chi connectivity index (χ4v) is 3.36. The highest BCUT2D eigenvalue weighted by Gasteiger charge is 2.18. The van der Waals surface area contributed by atoms with E-state index in [0.29, 0.717) is 6.10 Å². The van der Waals surface area contributed by atoms with Crippen molar-refractivity contribution >= 4 is 11.8 Å². The lowest BCUT2D eigenvalue weighted by molar-refractivity contribution is 0.129. The average molecular weight is 290 g/mol. The van der Waals surface area contributed by atoms with Crippen molar-refractivity contribution in [2.45, 2.75) is 37.9 Å². The van der Waals surface area contributed by atoms with Crippen LogP contribution in [0.2, 0.25) is 0 Å². The van der Waals surface area contributed by atoms with E-state index in [2.05, 4.69) is 47.6 Å². The van der Waals surface area contributed by atoms with Gasteiger partial charge in [-0.05, 0) is 48.7 Å². The van der Waals surface area contributed by atoms with Crippen LogP contribution in [0.25, 0.3) is 5.69 Å². The van der Waals surface area contributed by atoms with Crippen molar-refractivity contribution in [2.75, 3.05) is 12.4 Å². The zero-order chi connectivity index (χ0) is 13.9. The molecule has 2 aromatic rings. The van der Waals surface area contributed by atoms with Crippen LogP contribution in [0.15, 0.2) is 23.4 Å². The first kappa shape index (κ1) is 13.6. The third-order valence-electron chi connectivity index (χ3n) is 3.44. The first-order chi connectivity index (χ1) is 9.74. The van der Waals surface area contributed by atoms with Gasteiger partial charge in [0.05, 0.1) is 11.8 Å². The van der Waals surface area contributed by atoms with E-state index < -0.39 is 0 Å². The van der Waals surface area contributed by atoms with Crippen molar-refractivity contribution in [1.29, 1.82) is 0 Å². The molecule has 1 atom stereocenters. The van der Waals surface area contributed by atoms with E-state index in [1.165, 1.54) is 11.1 Å². The standard InChI is InChI=1S/C14H18N4OS/c1-10-5-6-13(11(2)8-10)18-14(15-16-17-18)20-9-12-4-3-7-19-12/h5-6,8,12H,3-4,7,9H2,1-2H3. The van der Waals surface area contributed by atoms with Gasteiger partial charge in [-0.15, -0.1) is 5.10 Å². The topological polar surface area (TPSA) is 52.8 Å². The van der Waals surface area contributed by atoms with Gasteiger partial charge in [-0.25, -0.2) is 0 Å². The van der Waals surface area contributed by atoms with Crippen LogP contribution in [0, 0.1) is 13.8 Å².